The van der Waals surface area contributed by atoms with E-state index in [-0.39, 0.29) is 5.56 Å². The van der Waals surface area contributed by atoms with E-state index in [1.165, 1.54) is 14.2 Å². The molecule has 7 nitrogen and oxygen atoms in total. The second kappa shape index (κ2) is 9.47. The number of aryl methyl sites for hydroxylation is 2. The summed E-state index contributed by atoms with van der Waals surface area (Å²) in [5.74, 6) is 0.980. The van der Waals surface area contributed by atoms with Gasteiger partial charge < -0.3 is 18.9 Å². The van der Waals surface area contributed by atoms with Crippen LogP contribution in [0.5, 0.6) is 11.5 Å². The number of methoxy groups -OCH3 is 4. The highest BCUT2D eigenvalue weighted by atomic mass is 16.5. The summed E-state index contributed by atoms with van der Waals surface area (Å²) in [5, 5.41) is 2.51. The highest BCUT2D eigenvalue weighted by Gasteiger charge is 2.15. The molecule has 0 fully saturated rings. The van der Waals surface area contributed by atoms with Gasteiger partial charge in [-0.1, -0.05) is 6.07 Å². The van der Waals surface area contributed by atoms with Gasteiger partial charge in [0.25, 0.3) is 0 Å². The van der Waals surface area contributed by atoms with E-state index in [9.17, 15) is 9.59 Å². The lowest BCUT2D eigenvalue weighted by Gasteiger charge is -2.13. The SMILES string of the molecule is COC(=O)Nc1ccc(CCc2cc(OC)ccc2OC)cc1C(=O)OC. The van der Waals surface area contributed by atoms with Gasteiger partial charge in [-0.3, -0.25) is 5.32 Å². The van der Waals surface area contributed by atoms with Crippen LogP contribution in [0.25, 0.3) is 0 Å². The minimum absolute atomic E-state index is 0.262. The Morgan fingerprint density at radius 3 is 2.30 bits per heavy atom. The number of carbonyl (C=O) groups excluding carboxylic acids is 2. The van der Waals surface area contributed by atoms with Crippen molar-refractivity contribution in [1.29, 1.82) is 0 Å². The number of nitrogens with one attached hydrogen (secondary N) is 1. The molecule has 0 radical (unpaired) electrons. The van der Waals surface area contributed by atoms with Crippen molar-refractivity contribution in [3.8, 4) is 11.5 Å². The highest BCUT2D eigenvalue weighted by molar-refractivity contribution is 5.99. The number of rotatable bonds is 7. The third kappa shape index (κ3) is 5.13. The zero-order chi connectivity index (χ0) is 19.8. The van der Waals surface area contributed by atoms with Gasteiger partial charge in [0.05, 0.1) is 39.7 Å². The first-order valence-corrected chi connectivity index (χ1v) is 8.29. The first kappa shape index (κ1) is 20.1. The number of amides is 1. The molecule has 144 valence electrons. The van der Waals surface area contributed by atoms with Gasteiger partial charge in [0.15, 0.2) is 0 Å². The van der Waals surface area contributed by atoms with Crippen molar-refractivity contribution >= 4 is 17.7 Å². The van der Waals surface area contributed by atoms with Gasteiger partial charge in [-0.15, -0.1) is 0 Å². The Balaban J connectivity index is 2.24. The van der Waals surface area contributed by atoms with Crippen molar-refractivity contribution in [3.05, 3.63) is 53.1 Å². The molecule has 0 bridgehead atoms. The fourth-order valence-electron chi connectivity index (χ4n) is 2.65. The van der Waals surface area contributed by atoms with Crippen LogP contribution in [0.15, 0.2) is 36.4 Å². The quantitative estimate of drug-likeness (QED) is 0.749. The summed E-state index contributed by atoms with van der Waals surface area (Å²) in [5.41, 5.74) is 2.50. The Bertz CT molecular complexity index is 818. The Hall–Kier alpha value is -3.22. The van der Waals surface area contributed by atoms with Crippen LogP contribution in [0.1, 0.15) is 21.5 Å². The van der Waals surface area contributed by atoms with Crippen molar-refractivity contribution in [1.82, 2.24) is 0 Å². The molecular weight excluding hydrogens is 350 g/mol. The molecule has 2 aromatic rings. The molecule has 1 amide bonds. The van der Waals surface area contributed by atoms with Crippen LogP contribution in [0, 0.1) is 0 Å². The van der Waals surface area contributed by atoms with E-state index in [0.29, 0.717) is 18.5 Å². The molecule has 0 saturated carbocycles. The molecule has 7 heteroatoms. The smallest absolute Gasteiger partial charge is 0.411 e. The molecule has 0 aliphatic carbocycles. The van der Waals surface area contributed by atoms with Crippen LogP contribution in [-0.2, 0) is 22.3 Å². The third-order valence-electron chi connectivity index (χ3n) is 4.08. The molecule has 2 aromatic carbocycles. The molecular formula is C20H23NO6. The van der Waals surface area contributed by atoms with Crippen molar-refractivity contribution in [3.63, 3.8) is 0 Å². The minimum Gasteiger partial charge on any atom is -0.497 e. The number of benzene rings is 2. The van der Waals surface area contributed by atoms with Gasteiger partial charge in [0.2, 0.25) is 0 Å². The van der Waals surface area contributed by atoms with Crippen LogP contribution in [0.4, 0.5) is 10.5 Å². The molecule has 1 N–H and O–H groups in total. The first-order valence-electron chi connectivity index (χ1n) is 8.29. The Kier molecular flexibility index (Phi) is 7.05. The van der Waals surface area contributed by atoms with Crippen LogP contribution >= 0.6 is 0 Å². The molecule has 27 heavy (non-hydrogen) atoms. The van der Waals surface area contributed by atoms with E-state index in [1.54, 1.807) is 26.4 Å². The summed E-state index contributed by atoms with van der Waals surface area (Å²) in [6, 6.07) is 10.8. The molecule has 0 unspecified atom stereocenters. The summed E-state index contributed by atoms with van der Waals surface area (Å²) >= 11 is 0. The van der Waals surface area contributed by atoms with Crippen LogP contribution in [0.3, 0.4) is 0 Å². The van der Waals surface area contributed by atoms with E-state index in [1.807, 2.05) is 24.3 Å². The Morgan fingerprint density at radius 2 is 1.67 bits per heavy atom. The first-order chi connectivity index (χ1) is 13.0. The fourth-order valence-corrected chi connectivity index (χ4v) is 2.65. The summed E-state index contributed by atoms with van der Waals surface area (Å²) in [7, 11) is 5.77. The normalized spacial score (nSPS) is 10.1. The maximum absolute atomic E-state index is 12.1. The summed E-state index contributed by atoms with van der Waals surface area (Å²) in [6.07, 6.45) is 0.686. The maximum Gasteiger partial charge on any atom is 0.411 e. The largest absolute Gasteiger partial charge is 0.497 e. The molecule has 0 saturated heterocycles. The zero-order valence-corrected chi connectivity index (χ0v) is 15.8. The van der Waals surface area contributed by atoms with Gasteiger partial charge in [-0.2, -0.15) is 0 Å². The average molecular weight is 373 g/mol. The molecule has 0 aliphatic rings. The lowest BCUT2D eigenvalue weighted by atomic mass is 10.0. The molecule has 0 atom stereocenters. The molecule has 0 aliphatic heterocycles. The van der Waals surface area contributed by atoms with Crippen molar-refractivity contribution in [2.24, 2.45) is 0 Å². The zero-order valence-electron chi connectivity index (χ0n) is 15.8. The topological polar surface area (TPSA) is 83.1 Å². The van der Waals surface area contributed by atoms with E-state index >= 15 is 0 Å². The van der Waals surface area contributed by atoms with Crippen LogP contribution < -0.4 is 14.8 Å². The number of hydrogen-bond donors (Lipinski definition) is 1. The molecule has 0 aromatic heterocycles. The predicted molar refractivity (Wildman–Crippen MR) is 101 cm³/mol. The average Bonchev–Trinajstić information content (AvgIpc) is 2.71. The fraction of sp³-hybridized carbons (Fsp3) is 0.300. The van der Waals surface area contributed by atoms with Crippen molar-refractivity contribution in [2.45, 2.75) is 12.8 Å². The van der Waals surface area contributed by atoms with Gasteiger partial charge in [0, 0.05) is 0 Å². The van der Waals surface area contributed by atoms with E-state index < -0.39 is 12.1 Å². The van der Waals surface area contributed by atoms with Gasteiger partial charge >= 0.3 is 12.1 Å². The number of ether oxygens (including phenoxy) is 4. The molecule has 0 heterocycles. The second-order valence-electron chi connectivity index (χ2n) is 5.67. The van der Waals surface area contributed by atoms with E-state index in [2.05, 4.69) is 10.1 Å². The lowest BCUT2D eigenvalue weighted by Crippen LogP contribution is -2.15. The molecule has 0 spiro atoms. The summed E-state index contributed by atoms with van der Waals surface area (Å²) in [6.45, 7) is 0. The summed E-state index contributed by atoms with van der Waals surface area (Å²) < 4.78 is 20.0. The Morgan fingerprint density at radius 1 is 0.889 bits per heavy atom. The number of esters is 1. The van der Waals surface area contributed by atoms with Crippen molar-refractivity contribution < 1.29 is 28.5 Å². The number of carbonyl (C=O) groups is 2. The van der Waals surface area contributed by atoms with E-state index in [4.69, 9.17) is 14.2 Å². The van der Waals surface area contributed by atoms with Gasteiger partial charge in [-0.25, -0.2) is 9.59 Å². The number of hydrogen-bond acceptors (Lipinski definition) is 6. The Labute approximate surface area is 158 Å². The highest BCUT2D eigenvalue weighted by Crippen LogP contribution is 2.26. The van der Waals surface area contributed by atoms with Gasteiger partial charge in [-0.05, 0) is 54.3 Å². The van der Waals surface area contributed by atoms with Gasteiger partial charge in [0.1, 0.15) is 11.5 Å². The summed E-state index contributed by atoms with van der Waals surface area (Å²) in [4.78, 5) is 23.5. The van der Waals surface area contributed by atoms with Crippen LogP contribution in [0.2, 0.25) is 0 Å². The maximum atomic E-state index is 12.1. The minimum atomic E-state index is -0.658. The monoisotopic (exact) mass is 373 g/mol. The second-order valence-corrected chi connectivity index (χ2v) is 5.67. The van der Waals surface area contributed by atoms with E-state index in [0.717, 1.165) is 22.6 Å². The third-order valence-corrected chi connectivity index (χ3v) is 4.08. The predicted octanol–water partition coefficient (Wildman–Crippen LogP) is 3.45. The van der Waals surface area contributed by atoms with Crippen molar-refractivity contribution in [2.75, 3.05) is 33.8 Å². The standard InChI is InChI=1S/C20H23NO6/c1-24-15-8-10-18(25-2)14(12-15)7-5-13-6-9-17(21-20(23)27-4)16(11-13)19(22)26-3/h6,8-12H,5,7H2,1-4H3,(H,21,23). The van der Waals surface area contributed by atoms with Crippen LogP contribution in [-0.4, -0.2) is 40.5 Å². The lowest BCUT2D eigenvalue weighted by molar-refractivity contribution is 0.0602. The molecule has 2 rings (SSSR count). The number of anilines is 1.